The largest absolute Gasteiger partial charge is 0.497 e. The average Bonchev–Trinajstić information content (AvgIpc) is 3.46. The summed E-state index contributed by atoms with van der Waals surface area (Å²) in [6, 6.07) is 9.73. The number of aryl methyl sites for hydroxylation is 2. The fraction of sp³-hybridized carbons (Fsp3) is 0.273. The lowest BCUT2D eigenvalue weighted by Gasteiger charge is -2.09. The van der Waals surface area contributed by atoms with Crippen molar-refractivity contribution in [1.29, 1.82) is 0 Å². The van der Waals surface area contributed by atoms with E-state index < -0.39 is 0 Å². The number of amides is 1. The standard InChI is InChI=1S/C22H24N6O2/c1-3-17-13-20(16-5-7-18(30-2)8-6-16)26-21-19(14-25-28(17)21)22(29)24-9-4-11-27-12-10-23-15-27/h5-8,10,12-15H,3-4,9,11H2,1-2H3,(H,24,29). The SMILES string of the molecule is CCc1cc(-c2ccc(OC)cc2)nc2c(C(=O)NCCCn3ccnc3)cnn12. The van der Waals surface area contributed by atoms with Gasteiger partial charge in [-0.25, -0.2) is 14.5 Å². The van der Waals surface area contributed by atoms with Crippen LogP contribution in [0.3, 0.4) is 0 Å². The maximum Gasteiger partial charge on any atom is 0.256 e. The quantitative estimate of drug-likeness (QED) is 0.456. The van der Waals surface area contributed by atoms with Gasteiger partial charge in [-0.3, -0.25) is 4.79 Å². The second-order valence-corrected chi connectivity index (χ2v) is 6.92. The van der Waals surface area contributed by atoms with Crippen molar-refractivity contribution in [2.45, 2.75) is 26.3 Å². The molecule has 0 aliphatic heterocycles. The Morgan fingerprint density at radius 1 is 1.23 bits per heavy atom. The van der Waals surface area contributed by atoms with Crippen LogP contribution >= 0.6 is 0 Å². The molecule has 8 heteroatoms. The minimum absolute atomic E-state index is 0.169. The molecular weight excluding hydrogens is 380 g/mol. The zero-order valence-corrected chi connectivity index (χ0v) is 17.1. The highest BCUT2D eigenvalue weighted by Gasteiger charge is 2.17. The van der Waals surface area contributed by atoms with Gasteiger partial charge >= 0.3 is 0 Å². The number of benzene rings is 1. The molecule has 0 spiro atoms. The number of methoxy groups -OCH3 is 1. The smallest absolute Gasteiger partial charge is 0.256 e. The number of fused-ring (bicyclic) bond motifs is 1. The molecule has 0 unspecified atom stereocenters. The van der Waals surface area contributed by atoms with Gasteiger partial charge in [0.25, 0.3) is 5.91 Å². The van der Waals surface area contributed by atoms with Crippen molar-refractivity contribution in [2.24, 2.45) is 0 Å². The molecule has 3 aromatic heterocycles. The first-order valence-electron chi connectivity index (χ1n) is 9.95. The first-order chi connectivity index (χ1) is 14.7. The van der Waals surface area contributed by atoms with Gasteiger partial charge in [-0.15, -0.1) is 0 Å². The Hall–Kier alpha value is -3.68. The number of carbonyl (C=O) groups excluding carboxylic acids is 1. The Labute approximate surface area is 174 Å². The summed E-state index contributed by atoms with van der Waals surface area (Å²) in [5.74, 6) is 0.618. The molecule has 0 radical (unpaired) electrons. The Kier molecular flexibility index (Phi) is 5.74. The predicted molar refractivity (Wildman–Crippen MR) is 114 cm³/mol. The summed E-state index contributed by atoms with van der Waals surface area (Å²) < 4.78 is 8.96. The van der Waals surface area contributed by atoms with Crippen LogP contribution in [0.15, 0.2) is 55.2 Å². The summed E-state index contributed by atoms with van der Waals surface area (Å²) in [5, 5.41) is 7.37. The van der Waals surface area contributed by atoms with E-state index in [1.54, 1.807) is 30.3 Å². The maximum atomic E-state index is 12.8. The van der Waals surface area contributed by atoms with Gasteiger partial charge in [-0.2, -0.15) is 5.10 Å². The third kappa shape index (κ3) is 4.03. The van der Waals surface area contributed by atoms with Crippen molar-refractivity contribution in [3.63, 3.8) is 0 Å². The van der Waals surface area contributed by atoms with E-state index in [1.165, 1.54) is 0 Å². The molecule has 0 saturated heterocycles. The molecule has 4 rings (SSSR count). The molecule has 0 atom stereocenters. The van der Waals surface area contributed by atoms with Crippen LogP contribution in [0.25, 0.3) is 16.9 Å². The first kappa shape index (κ1) is 19.6. The summed E-state index contributed by atoms with van der Waals surface area (Å²) in [4.78, 5) is 21.5. The molecule has 0 saturated carbocycles. The lowest BCUT2D eigenvalue weighted by molar-refractivity contribution is 0.0954. The van der Waals surface area contributed by atoms with Crippen LogP contribution in [0.5, 0.6) is 5.75 Å². The van der Waals surface area contributed by atoms with E-state index in [9.17, 15) is 4.79 Å². The highest BCUT2D eigenvalue weighted by atomic mass is 16.5. The van der Waals surface area contributed by atoms with Gasteiger partial charge in [0.15, 0.2) is 5.65 Å². The highest BCUT2D eigenvalue weighted by molar-refractivity contribution is 5.99. The zero-order chi connectivity index (χ0) is 20.9. The number of rotatable bonds is 8. The van der Waals surface area contributed by atoms with Crippen molar-refractivity contribution in [2.75, 3.05) is 13.7 Å². The van der Waals surface area contributed by atoms with Crippen molar-refractivity contribution in [1.82, 2.24) is 29.5 Å². The lowest BCUT2D eigenvalue weighted by Crippen LogP contribution is -2.25. The third-order valence-electron chi connectivity index (χ3n) is 4.98. The van der Waals surface area contributed by atoms with E-state index in [-0.39, 0.29) is 5.91 Å². The van der Waals surface area contributed by atoms with E-state index in [2.05, 4.69) is 22.3 Å². The third-order valence-corrected chi connectivity index (χ3v) is 4.98. The minimum Gasteiger partial charge on any atom is -0.497 e. The monoisotopic (exact) mass is 404 g/mol. The normalized spacial score (nSPS) is 11.0. The molecule has 1 N–H and O–H groups in total. The van der Waals surface area contributed by atoms with Gasteiger partial charge in [-0.1, -0.05) is 6.92 Å². The highest BCUT2D eigenvalue weighted by Crippen LogP contribution is 2.24. The fourth-order valence-electron chi connectivity index (χ4n) is 3.32. The van der Waals surface area contributed by atoms with Gasteiger partial charge in [0.2, 0.25) is 0 Å². The summed E-state index contributed by atoms with van der Waals surface area (Å²) in [5.41, 5.74) is 3.79. The Balaban J connectivity index is 1.56. The van der Waals surface area contributed by atoms with Crippen LogP contribution in [0.1, 0.15) is 29.4 Å². The van der Waals surface area contributed by atoms with Gasteiger partial charge in [0.05, 0.1) is 25.3 Å². The summed E-state index contributed by atoms with van der Waals surface area (Å²) >= 11 is 0. The van der Waals surface area contributed by atoms with Crippen LogP contribution in [0.2, 0.25) is 0 Å². The predicted octanol–water partition coefficient (Wildman–Crippen LogP) is 2.98. The summed E-state index contributed by atoms with van der Waals surface area (Å²) in [6.07, 6.45) is 8.59. The average molecular weight is 404 g/mol. The van der Waals surface area contributed by atoms with Crippen LogP contribution in [0, 0.1) is 0 Å². The molecule has 154 valence electrons. The van der Waals surface area contributed by atoms with Gasteiger partial charge in [0, 0.05) is 36.7 Å². The molecule has 3 heterocycles. The Morgan fingerprint density at radius 3 is 2.77 bits per heavy atom. The van der Waals surface area contributed by atoms with Crippen LogP contribution in [-0.4, -0.2) is 43.7 Å². The van der Waals surface area contributed by atoms with Gasteiger partial charge in [0.1, 0.15) is 11.3 Å². The number of hydrogen-bond acceptors (Lipinski definition) is 5. The van der Waals surface area contributed by atoms with E-state index >= 15 is 0 Å². The zero-order valence-electron chi connectivity index (χ0n) is 17.1. The van der Waals surface area contributed by atoms with E-state index in [0.29, 0.717) is 17.8 Å². The molecule has 0 aliphatic carbocycles. The summed E-state index contributed by atoms with van der Waals surface area (Å²) in [7, 11) is 1.64. The maximum absolute atomic E-state index is 12.8. The van der Waals surface area contributed by atoms with Gasteiger partial charge in [-0.05, 0) is 43.2 Å². The summed E-state index contributed by atoms with van der Waals surface area (Å²) in [6.45, 7) is 3.42. The molecule has 30 heavy (non-hydrogen) atoms. The second kappa shape index (κ2) is 8.77. The van der Waals surface area contributed by atoms with E-state index in [0.717, 1.165) is 42.1 Å². The molecule has 1 amide bonds. The molecule has 4 aromatic rings. The van der Waals surface area contributed by atoms with Crippen LogP contribution in [0.4, 0.5) is 0 Å². The number of nitrogens with zero attached hydrogens (tertiary/aromatic N) is 5. The first-order valence-corrected chi connectivity index (χ1v) is 9.95. The number of imidazole rings is 1. The van der Waals surface area contributed by atoms with Crippen molar-refractivity contribution >= 4 is 11.6 Å². The molecule has 0 aliphatic rings. The van der Waals surface area contributed by atoms with Crippen molar-refractivity contribution in [3.05, 3.63) is 66.5 Å². The topological polar surface area (TPSA) is 86.3 Å². The van der Waals surface area contributed by atoms with Crippen LogP contribution in [-0.2, 0) is 13.0 Å². The van der Waals surface area contributed by atoms with E-state index in [4.69, 9.17) is 9.72 Å². The molecule has 0 bridgehead atoms. The molecule has 1 aromatic carbocycles. The number of ether oxygens (including phenoxy) is 1. The van der Waals surface area contributed by atoms with Crippen molar-refractivity contribution < 1.29 is 9.53 Å². The number of aromatic nitrogens is 5. The van der Waals surface area contributed by atoms with E-state index in [1.807, 2.05) is 41.1 Å². The fourth-order valence-corrected chi connectivity index (χ4v) is 3.32. The molecule has 8 nitrogen and oxygen atoms in total. The number of nitrogens with one attached hydrogen (secondary N) is 1. The Bertz CT molecular complexity index is 1130. The molecule has 0 fully saturated rings. The van der Waals surface area contributed by atoms with Crippen molar-refractivity contribution in [3.8, 4) is 17.0 Å². The minimum atomic E-state index is -0.169. The number of hydrogen-bond donors (Lipinski definition) is 1. The van der Waals surface area contributed by atoms with Gasteiger partial charge < -0.3 is 14.6 Å². The number of carbonyl (C=O) groups is 1. The second-order valence-electron chi connectivity index (χ2n) is 6.92. The Morgan fingerprint density at radius 2 is 2.07 bits per heavy atom. The molecular formula is C22H24N6O2. The van der Waals surface area contributed by atoms with Crippen LogP contribution < -0.4 is 10.1 Å². The lowest BCUT2D eigenvalue weighted by atomic mass is 10.1.